The van der Waals surface area contributed by atoms with E-state index in [2.05, 4.69) is 20.8 Å². The highest BCUT2D eigenvalue weighted by Gasteiger charge is 2.40. The SMILES string of the molecule is CC1CN(C(=O)C2CCC(C(C)(C)C)CC2)CC1C(=O)O. The van der Waals surface area contributed by atoms with Crippen LogP contribution >= 0.6 is 0 Å². The van der Waals surface area contributed by atoms with E-state index in [9.17, 15) is 14.7 Å². The average molecular weight is 295 g/mol. The molecule has 4 heteroatoms. The molecule has 0 aromatic carbocycles. The summed E-state index contributed by atoms with van der Waals surface area (Å²) in [5.74, 6) is -0.0846. The number of nitrogens with zero attached hydrogens (tertiary/aromatic N) is 1. The van der Waals surface area contributed by atoms with Crippen LogP contribution in [0.4, 0.5) is 0 Å². The predicted octanol–water partition coefficient (Wildman–Crippen LogP) is 3.02. The Morgan fingerprint density at radius 2 is 1.62 bits per heavy atom. The molecule has 2 unspecified atom stereocenters. The maximum atomic E-state index is 12.6. The van der Waals surface area contributed by atoms with E-state index in [1.807, 2.05) is 6.92 Å². The Hall–Kier alpha value is -1.06. The fraction of sp³-hybridized carbons (Fsp3) is 0.882. The number of aliphatic carboxylic acids is 1. The van der Waals surface area contributed by atoms with Gasteiger partial charge in [0.1, 0.15) is 0 Å². The Labute approximate surface area is 127 Å². The lowest BCUT2D eigenvalue weighted by Gasteiger charge is -2.37. The maximum Gasteiger partial charge on any atom is 0.308 e. The summed E-state index contributed by atoms with van der Waals surface area (Å²) < 4.78 is 0. The standard InChI is InChI=1S/C17H29NO3/c1-11-9-18(10-14(11)16(20)21)15(19)12-5-7-13(8-6-12)17(2,3)4/h11-14H,5-10H2,1-4H3,(H,20,21). The first-order chi connectivity index (χ1) is 9.70. The van der Waals surface area contributed by atoms with Crippen LogP contribution in [0.15, 0.2) is 0 Å². The third-order valence-electron chi connectivity index (χ3n) is 5.54. The van der Waals surface area contributed by atoms with Gasteiger partial charge in [-0.15, -0.1) is 0 Å². The summed E-state index contributed by atoms with van der Waals surface area (Å²) in [6, 6.07) is 0. The number of hydrogen-bond acceptors (Lipinski definition) is 2. The normalized spacial score (nSPS) is 34.0. The van der Waals surface area contributed by atoms with Gasteiger partial charge in [0.15, 0.2) is 0 Å². The molecule has 2 rings (SSSR count). The van der Waals surface area contributed by atoms with Gasteiger partial charge in [0.2, 0.25) is 5.91 Å². The van der Waals surface area contributed by atoms with Crippen LogP contribution in [0.3, 0.4) is 0 Å². The zero-order valence-electron chi connectivity index (χ0n) is 13.8. The molecule has 0 aromatic heterocycles. The predicted molar refractivity (Wildman–Crippen MR) is 81.8 cm³/mol. The number of carbonyl (C=O) groups excluding carboxylic acids is 1. The first kappa shape index (κ1) is 16.3. The number of rotatable bonds is 2. The fourth-order valence-corrected chi connectivity index (χ4v) is 3.93. The number of carbonyl (C=O) groups is 2. The van der Waals surface area contributed by atoms with Crippen LogP contribution in [0.2, 0.25) is 0 Å². The molecule has 1 saturated carbocycles. The molecular formula is C17H29NO3. The van der Waals surface area contributed by atoms with Crippen LogP contribution in [0.5, 0.6) is 0 Å². The molecule has 21 heavy (non-hydrogen) atoms. The van der Waals surface area contributed by atoms with Crippen molar-refractivity contribution in [3.8, 4) is 0 Å². The third-order valence-corrected chi connectivity index (χ3v) is 5.54. The Kier molecular flexibility index (Phi) is 4.64. The second kappa shape index (κ2) is 5.98. The summed E-state index contributed by atoms with van der Waals surface area (Å²) in [6.07, 6.45) is 4.16. The lowest BCUT2D eigenvalue weighted by Crippen LogP contribution is -2.38. The highest BCUT2D eigenvalue weighted by Crippen LogP contribution is 2.40. The van der Waals surface area contributed by atoms with Gasteiger partial charge >= 0.3 is 5.97 Å². The number of hydrogen-bond donors (Lipinski definition) is 1. The molecule has 120 valence electrons. The van der Waals surface area contributed by atoms with Gasteiger partial charge < -0.3 is 10.0 Å². The average Bonchev–Trinajstić information content (AvgIpc) is 2.79. The van der Waals surface area contributed by atoms with E-state index in [1.54, 1.807) is 4.90 Å². The van der Waals surface area contributed by atoms with Crippen molar-refractivity contribution in [3.05, 3.63) is 0 Å². The summed E-state index contributed by atoms with van der Waals surface area (Å²) >= 11 is 0. The van der Waals surface area contributed by atoms with Gasteiger partial charge in [-0.05, 0) is 42.9 Å². The molecule has 2 aliphatic rings. The van der Waals surface area contributed by atoms with E-state index >= 15 is 0 Å². The monoisotopic (exact) mass is 295 g/mol. The molecule has 1 aliphatic heterocycles. The van der Waals surface area contributed by atoms with Gasteiger partial charge in [-0.3, -0.25) is 9.59 Å². The van der Waals surface area contributed by atoms with Gasteiger partial charge in [0.05, 0.1) is 5.92 Å². The molecule has 0 spiro atoms. The summed E-state index contributed by atoms with van der Waals surface area (Å²) in [5, 5.41) is 9.18. The number of carboxylic acids is 1. The van der Waals surface area contributed by atoms with E-state index in [4.69, 9.17) is 0 Å². The van der Waals surface area contributed by atoms with Crippen LogP contribution in [0.1, 0.15) is 53.4 Å². The Morgan fingerprint density at radius 1 is 1.05 bits per heavy atom. The Morgan fingerprint density at radius 3 is 2.05 bits per heavy atom. The summed E-state index contributed by atoms with van der Waals surface area (Å²) in [6.45, 7) is 9.77. The second-order valence-electron chi connectivity index (χ2n) is 8.08. The van der Waals surface area contributed by atoms with E-state index in [0.717, 1.165) is 25.7 Å². The number of amides is 1. The fourth-order valence-electron chi connectivity index (χ4n) is 3.93. The molecule has 2 fully saturated rings. The second-order valence-corrected chi connectivity index (χ2v) is 8.08. The molecule has 1 saturated heterocycles. The maximum absolute atomic E-state index is 12.6. The molecule has 1 aliphatic carbocycles. The zero-order valence-corrected chi connectivity index (χ0v) is 13.8. The minimum absolute atomic E-state index is 0.0670. The molecular weight excluding hydrogens is 266 g/mol. The molecule has 1 N–H and O–H groups in total. The first-order valence-corrected chi connectivity index (χ1v) is 8.21. The molecule has 0 aromatic rings. The van der Waals surface area contributed by atoms with Crippen molar-refractivity contribution >= 4 is 11.9 Å². The molecule has 2 atom stereocenters. The topological polar surface area (TPSA) is 57.6 Å². The van der Waals surface area contributed by atoms with Crippen LogP contribution in [0, 0.1) is 29.1 Å². The van der Waals surface area contributed by atoms with Crippen molar-refractivity contribution in [2.75, 3.05) is 13.1 Å². The molecule has 0 bridgehead atoms. The van der Waals surface area contributed by atoms with Crippen molar-refractivity contribution in [2.45, 2.75) is 53.4 Å². The molecule has 1 amide bonds. The zero-order chi connectivity index (χ0) is 15.8. The van der Waals surface area contributed by atoms with Crippen LogP contribution in [0.25, 0.3) is 0 Å². The van der Waals surface area contributed by atoms with Crippen molar-refractivity contribution in [1.29, 1.82) is 0 Å². The number of likely N-dealkylation sites (tertiary alicyclic amines) is 1. The van der Waals surface area contributed by atoms with Crippen LogP contribution in [-0.4, -0.2) is 35.0 Å². The van der Waals surface area contributed by atoms with Crippen molar-refractivity contribution in [2.24, 2.45) is 29.1 Å². The lowest BCUT2D eigenvalue weighted by molar-refractivity contribution is -0.142. The van der Waals surface area contributed by atoms with Crippen molar-refractivity contribution in [1.82, 2.24) is 4.90 Å². The summed E-state index contributed by atoms with van der Waals surface area (Å²) in [4.78, 5) is 25.6. The van der Waals surface area contributed by atoms with E-state index in [1.165, 1.54) is 0 Å². The molecule has 1 heterocycles. The Balaban J connectivity index is 1.90. The number of carboxylic acid groups (broad SMARTS) is 1. The van der Waals surface area contributed by atoms with E-state index < -0.39 is 5.97 Å². The minimum Gasteiger partial charge on any atom is -0.481 e. The van der Waals surface area contributed by atoms with Crippen molar-refractivity contribution < 1.29 is 14.7 Å². The van der Waals surface area contributed by atoms with E-state index in [0.29, 0.717) is 24.4 Å². The van der Waals surface area contributed by atoms with Crippen LogP contribution < -0.4 is 0 Å². The van der Waals surface area contributed by atoms with Gasteiger partial charge in [-0.25, -0.2) is 0 Å². The highest BCUT2D eigenvalue weighted by molar-refractivity contribution is 5.81. The quantitative estimate of drug-likeness (QED) is 0.852. The summed E-state index contributed by atoms with van der Waals surface area (Å²) in [5.41, 5.74) is 0.324. The van der Waals surface area contributed by atoms with Crippen LogP contribution in [-0.2, 0) is 9.59 Å². The smallest absolute Gasteiger partial charge is 0.308 e. The first-order valence-electron chi connectivity index (χ1n) is 8.21. The van der Waals surface area contributed by atoms with Gasteiger partial charge in [0, 0.05) is 19.0 Å². The lowest BCUT2D eigenvalue weighted by atomic mass is 9.69. The molecule has 4 nitrogen and oxygen atoms in total. The van der Waals surface area contributed by atoms with Crippen molar-refractivity contribution in [3.63, 3.8) is 0 Å². The molecule has 0 radical (unpaired) electrons. The van der Waals surface area contributed by atoms with Gasteiger partial charge in [-0.2, -0.15) is 0 Å². The minimum atomic E-state index is -0.769. The highest BCUT2D eigenvalue weighted by atomic mass is 16.4. The largest absolute Gasteiger partial charge is 0.481 e. The summed E-state index contributed by atoms with van der Waals surface area (Å²) in [7, 11) is 0. The van der Waals surface area contributed by atoms with Gasteiger partial charge in [-0.1, -0.05) is 27.7 Å². The Bertz CT molecular complexity index is 405. The third kappa shape index (κ3) is 3.58. The van der Waals surface area contributed by atoms with Gasteiger partial charge in [0.25, 0.3) is 0 Å². The van der Waals surface area contributed by atoms with E-state index in [-0.39, 0.29) is 23.7 Å².